The summed E-state index contributed by atoms with van der Waals surface area (Å²) in [7, 11) is 1.71. The fraction of sp³-hybridized carbons (Fsp3) is 0.538. The van der Waals surface area contributed by atoms with Crippen molar-refractivity contribution in [3.05, 3.63) is 28.3 Å². The predicted octanol–water partition coefficient (Wildman–Crippen LogP) is 3.02. The van der Waals surface area contributed by atoms with Crippen LogP contribution in [-0.2, 0) is 0 Å². The molecule has 0 aliphatic carbocycles. The third-order valence-electron chi connectivity index (χ3n) is 3.58. The van der Waals surface area contributed by atoms with Crippen molar-refractivity contribution in [2.75, 3.05) is 23.8 Å². The summed E-state index contributed by atoms with van der Waals surface area (Å²) in [6.07, 6.45) is 3.41. The lowest BCUT2D eigenvalue weighted by Crippen LogP contribution is -2.37. The first-order valence-corrected chi connectivity index (χ1v) is 6.37. The van der Waals surface area contributed by atoms with Gasteiger partial charge in [0, 0.05) is 19.6 Å². The number of hydrogen-bond acceptors (Lipinski definition) is 4. The quantitative estimate of drug-likeness (QED) is 0.660. The fourth-order valence-electron chi connectivity index (χ4n) is 2.61. The monoisotopic (exact) mass is 249 g/mol. The zero-order chi connectivity index (χ0) is 13.1. The van der Waals surface area contributed by atoms with Gasteiger partial charge >= 0.3 is 5.69 Å². The molecule has 1 aliphatic heterocycles. The van der Waals surface area contributed by atoms with Crippen LogP contribution in [0.4, 0.5) is 17.1 Å². The molecule has 0 saturated carbocycles. The maximum Gasteiger partial charge on any atom is 0.315 e. The van der Waals surface area contributed by atoms with E-state index in [1.807, 2.05) is 12.1 Å². The summed E-state index contributed by atoms with van der Waals surface area (Å²) in [6.45, 7) is 3.03. The van der Waals surface area contributed by atoms with Gasteiger partial charge in [0.2, 0.25) is 0 Å². The highest BCUT2D eigenvalue weighted by molar-refractivity contribution is 5.77. The minimum absolute atomic E-state index is 0.189. The van der Waals surface area contributed by atoms with Crippen molar-refractivity contribution in [1.29, 1.82) is 0 Å². The van der Waals surface area contributed by atoms with Crippen molar-refractivity contribution >= 4 is 17.1 Å². The van der Waals surface area contributed by atoms with E-state index in [0.29, 0.717) is 11.7 Å². The number of nitrogens with zero attached hydrogens (tertiary/aromatic N) is 2. The van der Waals surface area contributed by atoms with Gasteiger partial charge in [-0.3, -0.25) is 10.1 Å². The van der Waals surface area contributed by atoms with E-state index in [1.54, 1.807) is 13.1 Å². The Bertz CT molecular complexity index is 448. The Kier molecular flexibility index (Phi) is 3.69. The van der Waals surface area contributed by atoms with Crippen LogP contribution in [0.25, 0.3) is 0 Å². The average Bonchev–Trinajstić information content (AvgIpc) is 2.38. The summed E-state index contributed by atoms with van der Waals surface area (Å²) in [4.78, 5) is 13.2. The van der Waals surface area contributed by atoms with Crippen molar-refractivity contribution < 1.29 is 4.92 Å². The van der Waals surface area contributed by atoms with E-state index in [-0.39, 0.29) is 10.6 Å². The molecule has 0 aromatic heterocycles. The molecule has 18 heavy (non-hydrogen) atoms. The molecule has 0 amide bonds. The van der Waals surface area contributed by atoms with E-state index >= 15 is 0 Å². The van der Waals surface area contributed by atoms with E-state index in [9.17, 15) is 10.1 Å². The van der Waals surface area contributed by atoms with Gasteiger partial charge in [0.15, 0.2) is 0 Å². The Morgan fingerprint density at radius 1 is 1.44 bits per heavy atom. The van der Waals surface area contributed by atoms with Crippen LogP contribution in [-0.4, -0.2) is 24.6 Å². The van der Waals surface area contributed by atoms with E-state index in [1.165, 1.54) is 6.42 Å². The minimum Gasteiger partial charge on any atom is -0.382 e. The maximum absolute atomic E-state index is 11.3. The Morgan fingerprint density at radius 2 is 2.22 bits per heavy atom. The molecule has 98 valence electrons. The van der Waals surface area contributed by atoms with Crippen molar-refractivity contribution in [2.24, 2.45) is 0 Å². The van der Waals surface area contributed by atoms with E-state index in [0.717, 1.165) is 25.1 Å². The summed E-state index contributed by atoms with van der Waals surface area (Å²) >= 11 is 0. The van der Waals surface area contributed by atoms with Crippen LogP contribution in [0.5, 0.6) is 0 Å². The molecule has 1 aliphatic rings. The van der Waals surface area contributed by atoms with Crippen LogP contribution < -0.4 is 10.2 Å². The molecule has 5 nitrogen and oxygen atoms in total. The molecule has 0 radical (unpaired) electrons. The number of nitrogens with one attached hydrogen (secondary N) is 1. The second-order valence-corrected chi connectivity index (χ2v) is 4.72. The molecule has 5 heteroatoms. The van der Waals surface area contributed by atoms with Crippen LogP contribution in [0.1, 0.15) is 26.2 Å². The molecule has 1 heterocycles. The lowest BCUT2D eigenvalue weighted by Gasteiger charge is -2.35. The molecular formula is C13H19N3O2. The first-order valence-electron chi connectivity index (χ1n) is 6.37. The molecule has 1 saturated heterocycles. The van der Waals surface area contributed by atoms with Crippen molar-refractivity contribution in [3.63, 3.8) is 0 Å². The highest BCUT2D eigenvalue weighted by Crippen LogP contribution is 2.37. The van der Waals surface area contributed by atoms with E-state index < -0.39 is 0 Å². The van der Waals surface area contributed by atoms with Gasteiger partial charge in [-0.15, -0.1) is 0 Å². The van der Waals surface area contributed by atoms with Crippen LogP contribution >= 0.6 is 0 Å². The number of nitro groups is 1. The second kappa shape index (κ2) is 5.25. The normalized spacial score (nSPS) is 19.7. The number of benzene rings is 1. The predicted molar refractivity (Wildman–Crippen MR) is 73.3 cm³/mol. The van der Waals surface area contributed by atoms with Crippen LogP contribution in [0.15, 0.2) is 18.2 Å². The molecular weight excluding hydrogens is 230 g/mol. The van der Waals surface area contributed by atoms with Crippen LogP contribution in [0.3, 0.4) is 0 Å². The minimum atomic E-state index is -0.289. The molecule has 1 aromatic carbocycles. The second-order valence-electron chi connectivity index (χ2n) is 4.72. The van der Waals surface area contributed by atoms with Gasteiger partial charge in [-0.1, -0.05) is 6.07 Å². The highest BCUT2D eigenvalue weighted by Gasteiger charge is 2.27. The smallest absolute Gasteiger partial charge is 0.315 e. The molecule has 1 atom stereocenters. The highest BCUT2D eigenvalue weighted by atomic mass is 16.6. The van der Waals surface area contributed by atoms with Gasteiger partial charge in [0.1, 0.15) is 11.4 Å². The molecule has 1 N–H and O–H groups in total. The summed E-state index contributed by atoms with van der Waals surface area (Å²) in [5.41, 5.74) is 1.50. The van der Waals surface area contributed by atoms with Crippen LogP contribution in [0.2, 0.25) is 0 Å². The maximum atomic E-state index is 11.3. The molecule has 1 unspecified atom stereocenters. The Balaban J connectivity index is 2.45. The number of rotatable bonds is 3. The summed E-state index contributed by atoms with van der Waals surface area (Å²) in [5, 5.41) is 14.2. The topological polar surface area (TPSA) is 58.4 Å². The van der Waals surface area contributed by atoms with Gasteiger partial charge in [0.05, 0.1) is 4.92 Å². The Morgan fingerprint density at radius 3 is 2.83 bits per heavy atom. The molecule has 1 aromatic rings. The van der Waals surface area contributed by atoms with Gasteiger partial charge in [-0.2, -0.15) is 0 Å². The van der Waals surface area contributed by atoms with E-state index in [2.05, 4.69) is 17.1 Å². The fourth-order valence-corrected chi connectivity index (χ4v) is 2.61. The van der Waals surface area contributed by atoms with Gasteiger partial charge in [-0.25, -0.2) is 0 Å². The third-order valence-corrected chi connectivity index (χ3v) is 3.58. The summed E-state index contributed by atoms with van der Waals surface area (Å²) in [6, 6.07) is 5.83. The first kappa shape index (κ1) is 12.7. The van der Waals surface area contributed by atoms with Gasteiger partial charge in [-0.05, 0) is 38.3 Å². The zero-order valence-electron chi connectivity index (χ0n) is 10.8. The summed E-state index contributed by atoms with van der Waals surface area (Å²) < 4.78 is 0. The van der Waals surface area contributed by atoms with Crippen molar-refractivity contribution in [3.8, 4) is 0 Å². The third kappa shape index (κ3) is 2.25. The first-order chi connectivity index (χ1) is 8.65. The lowest BCUT2D eigenvalue weighted by atomic mass is 10.0. The standard InChI is InChI=1S/C13H19N3O2/c1-10-6-3-4-9-15(10)12-8-5-7-11(14-2)13(12)16(17)18/h5,7-8,10,14H,3-4,6,9H2,1-2H3. The number of piperidine rings is 1. The Hall–Kier alpha value is -1.78. The average molecular weight is 249 g/mol. The number of nitro benzene ring substituents is 1. The van der Waals surface area contributed by atoms with Crippen molar-refractivity contribution in [2.45, 2.75) is 32.2 Å². The number of para-hydroxylation sites is 1. The molecule has 0 spiro atoms. The molecule has 1 fully saturated rings. The van der Waals surface area contributed by atoms with Gasteiger partial charge < -0.3 is 10.2 Å². The Labute approximate surface area is 107 Å². The van der Waals surface area contributed by atoms with E-state index in [4.69, 9.17) is 0 Å². The summed E-state index contributed by atoms with van der Waals surface area (Å²) in [5.74, 6) is 0. The molecule has 0 bridgehead atoms. The number of hydrogen-bond donors (Lipinski definition) is 1. The van der Waals surface area contributed by atoms with Crippen LogP contribution in [0, 0.1) is 10.1 Å². The SMILES string of the molecule is CNc1cccc(N2CCCCC2C)c1[N+](=O)[O-]. The number of anilines is 2. The van der Waals surface area contributed by atoms with Gasteiger partial charge in [0.25, 0.3) is 0 Å². The zero-order valence-corrected chi connectivity index (χ0v) is 10.8. The largest absolute Gasteiger partial charge is 0.382 e. The molecule has 2 rings (SSSR count). The van der Waals surface area contributed by atoms with Crippen molar-refractivity contribution in [1.82, 2.24) is 0 Å². The lowest BCUT2D eigenvalue weighted by molar-refractivity contribution is -0.383.